The summed E-state index contributed by atoms with van der Waals surface area (Å²) in [6, 6.07) is 7.04. The molecule has 1 unspecified atom stereocenters. The van der Waals surface area contributed by atoms with Gasteiger partial charge >= 0.3 is 5.69 Å². The van der Waals surface area contributed by atoms with Gasteiger partial charge in [-0.1, -0.05) is 31.5 Å². The number of aliphatic hydroxyl groups excluding tert-OH is 1. The van der Waals surface area contributed by atoms with Gasteiger partial charge in [0.15, 0.2) is 5.75 Å². The molecule has 0 aromatic heterocycles. The number of likely N-dealkylation sites (tertiary alicyclic amines) is 1. The van der Waals surface area contributed by atoms with Gasteiger partial charge in [0, 0.05) is 24.7 Å². The van der Waals surface area contributed by atoms with E-state index < -0.39 is 39.9 Å². The molecule has 2 aromatic rings. The van der Waals surface area contributed by atoms with Crippen LogP contribution in [-0.2, 0) is 9.59 Å². The first-order valence-electron chi connectivity index (χ1n) is 11.5. The number of carbonyl (C=O) groups is 2. The van der Waals surface area contributed by atoms with Gasteiger partial charge in [0.25, 0.3) is 11.7 Å². The number of ketones is 1. The molecule has 1 saturated heterocycles. The number of Topliss-reactive ketones (excluding diaryl/α,β-unsaturated/α-hetero) is 1. The Morgan fingerprint density at radius 1 is 1.17 bits per heavy atom. The summed E-state index contributed by atoms with van der Waals surface area (Å²) in [6.07, 6.45) is 0. The van der Waals surface area contributed by atoms with E-state index in [4.69, 9.17) is 16.3 Å². The maximum Gasteiger partial charge on any atom is 0.311 e. The molecule has 1 aliphatic heterocycles. The molecule has 10 nitrogen and oxygen atoms in total. The normalized spacial score (nSPS) is 17.1. The Labute approximate surface area is 213 Å². The number of halogens is 1. The molecular weight excluding hydrogens is 490 g/mol. The third-order valence-corrected chi connectivity index (χ3v) is 6.44. The molecular formula is C25H28ClN3O7. The third kappa shape index (κ3) is 5.29. The Morgan fingerprint density at radius 2 is 1.86 bits per heavy atom. The number of ether oxygens (including phenoxy) is 1. The topological polar surface area (TPSA) is 133 Å². The monoisotopic (exact) mass is 517 g/mol. The highest BCUT2D eigenvalue weighted by atomic mass is 35.5. The number of benzene rings is 2. The summed E-state index contributed by atoms with van der Waals surface area (Å²) in [7, 11) is 0. The van der Waals surface area contributed by atoms with Crippen LogP contribution in [0.25, 0.3) is 5.76 Å². The lowest BCUT2D eigenvalue weighted by molar-refractivity contribution is -0.385. The molecule has 0 aliphatic carbocycles. The van der Waals surface area contributed by atoms with Gasteiger partial charge in [-0.05, 0) is 49.8 Å². The van der Waals surface area contributed by atoms with Crippen molar-refractivity contribution >= 4 is 34.7 Å². The number of nitrogens with zero attached hydrogens (tertiary/aromatic N) is 3. The second-order valence-corrected chi connectivity index (χ2v) is 8.51. The molecule has 1 fully saturated rings. The minimum Gasteiger partial charge on any atom is -0.507 e. The fourth-order valence-corrected chi connectivity index (χ4v) is 4.40. The molecule has 0 radical (unpaired) electrons. The van der Waals surface area contributed by atoms with Crippen LogP contribution in [0.4, 0.5) is 5.69 Å². The number of hydrogen-bond acceptors (Lipinski definition) is 8. The van der Waals surface area contributed by atoms with Crippen molar-refractivity contribution in [3.63, 3.8) is 0 Å². The number of nitro groups is 1. The van der Waals surface area contributed by atoms with Gasteiger partial charge in [0.2, 0.25) is 0 Å². The van der Waals surface area contributed by atoms with E-state index >= 15 is 0 Å². The van der Waals surface area contributed by atoms with Crippen LogP contribution < -0.4 is 4.74 Å². The maximum atomic E-state index is 13.2. The molecule has 1 heterocycles. The summed E-state index contributed by atoms with van der Waals surface area (Å²) in [5, 5.41) is 32.8. The minimum absolute atomic E-state index is 0.0858. The highest BCUT2D eigenvalue weighted by Gasteiger charge is 2.46. The van der Waals surface area contributed by atoms with Crippen molar-refractivity contribution < 1.29 is 29.5 Å². The van der Waals surface area contributed by atoms with E-state index in [0.29, 0.717) is 18.9 Å². The van der Waals surface area contributed by atoms with Crippen LogP contribution in [0.5, 0.6) is 11.5 Å². The largest absolute Gasteiger partial charge is 0.507 e. The van der Waals surface area contributed by atoms with Crippen molar-refractivity contribution in [3.05, 3.63) is 68.2 Å². The first kappa shape index (κ1) is 27.0. The zero-order valence-electron chi connectivity index (χ0n) is 20.2. The Hall–Kier alpha value is -3.63. The van der Waals surface area contributed by atoms with Gasteiger partial charge in [-0.3, -0.25) is 19.7 Å². The highest BCUT2D eigenvalue weighted by molar-refractivity contribution is 6.47. The van der Waals surface area contributed by atoms with Gasteiger partial charge in [0.05, 0.1) is 28.2 Å². The molecule has 1 aliphatic rings. The van der Waals surface area contributed by atoms with Gasteiger partial charge < -0.3 is 24.7 Å². The number of carbonyl (C=O) groups excluding carboxylic acids is 2. The number of nitro benzene ring substituents is 1. The molecule has 1 atom stereocenters. The fraction of sp³-hybridized carbons (Fsp3) is 0.360. The van der Waals surface area contributed by atoms with Crippen molar-refractivity contribution in [1.82, 2.24) is 9.80 Å². The minimum atomic E-state index is -1.13. The second-order valence-electron chi connectivity index (χ2n) is 8.10. The molecule has 0 spiro atoms. The van der Waals surface area contributed by atoms with E-state index in [1.54, 1.807) is 13.0 Å². The summed E-state index contributed by atoms with van der Waals surface area (Å²) < 4.78 is 5.48. The molecule has 3 rings (SSSR count). The molecule has 11 heteroatoms. The quantitative estimate of drug-likeness (QED) is 0.158. The lowest BCUT2D eigenvalue weighted by Gasteiger charge is -2.28. The fourth-order valence-electron chi connectivity index (χ4n) is 4.19. The van der Waals surface area contributed by atoms with Crippen LogP contribution in [0, 0.1) is 10.1 Å². The SMILES string of the molecule is CCOc1ccc(Cl)c(/C(O)=C2\C(=O)C(=O)N(CCN(CC)CC)C2c2ccc(O)c([N+](=O)[O-])c2)c1. The Kier molecular flexibility index (Phi) is 8.54. The Balaban J connectivity index is 2.21. The van der Waals surface area contributed by atoms with E-state index in [2.05, 4.69) is 4.90 Å². The van der Waals surface area contributed by atoms with E-state index in [0.717, 1.165) is 25.2 Å². The van der Waals surface area contributed by atoms with Gasteiger partial charge in [-0.25, -0.2) is 0 Å². The van der Waals surface area contributed by atoms with E-state index in [-0.39, 0.29) is 28.3 Å². The van der Waals surface area contributed by atoms with Crippen LogP contribution >= 0.6 is 11.6 Å². The third-order valence-electron chi connectivity index (χ3n) is 6.11. The van der Waals surface area contributed by atoms with E-state index in [1.807, 2.05) is 13.8 Å². The van der Waals surface area contributed by atoms with Crippen molar-refractivity contribution in [3.8, 4) is 11.5 Å². The Morgan fingerprint density at radius 3 is 2.47 bits per heavy atom. The van der Waals surface area contributed by atoms with Crippen LogP contribution in [0.2, 0.25) is 5.02 Å². The second kappa shape index (κ2) is 11.4. The van der Waals surface area contributed by atoms with E-state index in [9.17, 15) is 29.9 Å². The maximum absolute atomic E-state index is 13.2. The molecule has 0 bridgehead atoms. The zero-order chi connectivity index (χ0) is 26.6. The van der Waals surface area contributed by atoms with Crippen molar-refractivity contribution in [2.24, 2.45) is 0 Å². The van der Waals surface area contributed by atoms with Crippen molar-refractivity contribution in [2.45, 2.75) is 26.8 Å². The summed E-state index contributed by atoms with van der Waals surface area (Å²) >= 11 is 6.32. The van der Waals surface area contributed by atoms with Gasteiger partial charge in [-0.15, -0.1) is 0 Å². The Bertz CT molecular complexity index is 1210. The van der Waals surface area contributed by atoms with Crippen LogP contribution in [0.1, 0.15) is 37.9 Å². The van der Waals surface area contributed by atoms with Crippen LogP contribution in [0.15, 0.2) is 42.0 Å². The summed E-state index contributed by atoms with van der Waals surface area (Å²) in [4.78, 5) is 40.4. The molecule has 192 valence electrons. The zero-order valence-corrected chi connectivity index (χ0v) is 21.0. The summed E-state index contributed by atoms with van der Waals surface area (Å²) in [5.41, 5.74) is -0.562. The number of phenols is 1. The number of amides is 1. The molecule has 2 aromatic carbocycles. The number of likely N-dealkylation sites (N-methyl/N-ethyl adjacent to an activating group) is 1. The number of aliphatic hydroxyl groups is 1. The number of phenolic OH excluding ortho intramolecular Hbond substituents is 1. The smallest absolute Gasteiger partial charge is 0.311 e. The molecule has 0 saturated carbocycles. The van der Waals surface area contributed by atoms with Crippen LogP contribution in [0.3, 0.4) is 0 Å². The molecule has 2 N–H and O–H groups in total. The standard InChI is InChI=1S/C25H28ClN3O7/c1-4-27(5-2)11-12-28-22(15-7-10-20(30)19(13-15)29(34)35)21(24(32)25(28)33)23(31)17-14-16(36-6-3)8-9-18(17)26/h7-10,13-14,22,30-31H,4-6,11-12H2,1-3H3/b23-21+. The average molecular weight is 518 g/mol. The lowest BCUT2D eigenvalue weighted by atomic mass is 9.94. The highest BCUT2D eigenvalue weighted by Crippen LogP contribution is 2.42. The number of hydrogen-bond donors (Lipinski definition) is 2. The average Bonchev–Trinajstić information content (AvgIpc) is 3.10. The lowest BCUT2D eigenvalue weighted by Crippen LogP contribution is -2.38. The summed E-state index contributed by atoms with van der Waals surface area (Å²) in [5.74, 6) is -2.47. The molecule has 36 heavy (non-hydrogen) atoms. The first-order valence-corrected chi connectivity index (χ1v) is 11.9. The molecule has 1 amide bonds. The first-order chi connectivity index (χ1) is 17.1. The number of aromatic hydroxyl groups is 1. The predicted molar refractivity (Wildman–Crippen MR) is 134 cm³/mol. The summed E-state index contributed by atoms with van der Waals surface area (Å²) in [6.45, 7) is 8.08. The van der Waals surface area contributed by atoms with Gasteiger partial charge in [-0.2, -0.15) is 0 Å². The predicted octanol–water partition coefficient (Wildman–Crippen LogP) is 4.12. The van der Waals surface area contributed by atoms with Crippen molar-refractivity contribution in [2.75, 3.05) is 32.8 Å². The van der Waals surface area contributed by atoms with Crippen LogP contribution in [-0.4, -0.2) is 69.4 Å². The van der Waals surface area contributed by atoms with Gasteiger partial charge in [0.1, 0.15) is 11.5 Å². The van der Waals surface area contributed by atoms with E-state index in [1.165, 1.54) is 23.1 Å². The van der Waals surface area contributed by atoms with Crippen molar-refractivity contribution in [1.29, 1.82) is 0 Å². The number of rotatable bonds is 10.